The summed E-state index contributed by atoms with van der Waals surface area (Å²) >= 11 is 7.74. The molecule has 0 N–H and O–H groups in total. The molecule has 20 heavy (non-hydrogen) atoms. The Morgan fingerprint density at radius 1 is 1.35 bits per heavy atom. The lowest BCUT2D eigenvalue weighted by molar-refractivity contribution is 0.628. The number of hydrogen-bond donors (Lipinski definition) is 0. The van der Waals surface area contributed by atoms with Crippen molar-refractivity contribution in [3.8, 4) is 0 Å². The van der Waals surface area contributed by atoms with Gasteiger partial charge in [0.1, 0.15) is 11.3 Å². The quantitative estimate of drug-likeness (QED) is 0.677. The number of rotatable bonds is 4. The van der Waals surface area contributed by atoms with Crippen molar-refractivity contribution in [1.82, 2.24) is 14.5 Å². The van der Waals surface area contributed by atoms with Crippen LogP contribution >= 0.6 is 22.9 Å². The Hall–Kier alpha value is -1.39. The molecular weight excluding hydrogens is 290 g/mol. The number of halogens is 1. The van der Waals surface area contributed by atoms with Gasteiger partial charge in [0.15, 0.2) is 5.65 Å². The third-order valence-corrected chi connectivity index (χ3v) is 4.76. The van der Waals surface area contributed by atoms with Crippen LogP contribution in [0.2, 0.25) is 0 Å². The Balaban J connectivity index is 2.15. The fourth-order valence-corrected chi connectivity index (χ4v) is 3.54. The molecule has 0 spiro atoms. The Morgan fingerprint density at radius 2 is 2.20 bits per heavy atom. The predicted molar refractivity (Wildman–Crippen MR) is 84.8 cm³/mol. The topological polar surface area (TPSA) is 30.7 Å². The molecule has 0 fully saturated rings. The number of pyridine rings is 1. The summed E-state index contributed by atoms with van der Waals surface area (Å²) in [5, 5.41) is 0. The molecule has 3 rings (SSSR count). The van der Waals surface area contributed by atoms with Crippen molar-refractivity contribution in [1.29, 1.82) is 0 Å². The molecule has 0 radical (unpaired) electrons. The van der Waals surface area contributed by atoms with Crippen LogP contribution < -0.4 is 0 Å². The van der Waals surface area contributed by atoms with E-state index in [9.17, 15) is 0 Å². The van der Waals surface area contributed by atoms with E-state index >= 15 is 0 Å². The second-order valence-electron chi connectivity index (χ2n) is 4.81. The summed E-state index contributed by atoms with van der Waals surface area (Å²) < 4.78 is 2.21. The van der Waals surface area contributed by atoms with Crippen LogP contribution in [0.25, 0.3) is 11.2 Å². The molecule has 3 aromatic heterocycles. The maximum absolute atomic E-state index is 5.92. The standard InChI is InChI=1S/C15H16ClN3S/c1-10-5-6-13(20-10)11(2)19-14(7-8-16)18-12-4-3-9-17-15(12)19/h3-6,9,11H,7-8H2,1-2H3. The van der Waals surface area contributed by atoms with Crippen molar-refractivity contribution in [2.45, 2.75) is 26.3 Å². The minimum atomic E-state index is 0.229. The van der Waals surface area contributed by atoms with Crippen molar-refractivity contribution in [2.24, 2.45) is 0 Å². The lowest BCUT2D eigenvalue weighted by Crippen LogP contribution is -2.10. The van der Waals surface area contributed by atoms with Crippen LogP contribution in [0.3, 0.4) is 0 Å². The second-order valence-corrected chi connectivity index (χ2v) is 6.50. The summed E-state index contributed by atoms with van der Waals surface area (Å²) in [4.78, 5) is 11.8. The van der Waals surface area contributed by atoms with E-state index in [1.54, 1.807) is 0 Å². The van der Waals surface area contributed by atoms with Crippen molar-refractivity contribution in [3.63, 3.8) is 0 Å². The summed E-state index contributed by atoms with van der Waals surface area (Å²) in [5.41, 5.74) is 1.87. The van der Waals surface area contributed by atoms with Crippen molar-refractivity contribution in [2.75, 3.05) is 5.88 Å². The van der Waals surface area contributed by atoms with Crippen LogP contribution in [-0.4, -0.2) is 20.4 Å². The highest BCUT2D eigenvalue weighted by Crippen LogP contribution is 2.29. The number of imidazole rings is 1. The molecule has 0 aromatic carbocycles. The summed E-state index contributed by atoms with van der Waals surface area (Å²) in [7, 11) is 0. The maximum Gasteiger partial charge on any atom is 0.160 e. The van der Waals surface area contributed by atoms with Gasteiger partial charge in [-0.1, -0.05) is 0 Å². The van der Waals surface area contributed by atoms with E-state index in [4.69, 9.17) is 11.6 Å². The zero-order valence-corrected chi connectivity index (χ0v) is 13.1. The number of nitrogens with zero attached hydrogens (tertiary/aromatic N) is 3. The van der Waals surface area contributed by atoms with E-state index in [0.29, 0.717) is 5.88 Å². The van der Waals surface area contributed by atoms with Crippen LogP contribution in [0.5, 0.6) is 0 Å². The van der Waals surface area contributed by atoms with Gasteiger partial charge >= 0.3 is 0 Å². The zero-order chi connectivity index (χ0) is 14.1. The molecule has 1 atom stereocenters. The average Bonchev–Trinajstić information content (AvgIpc) is 3.02. The lowest BCUT2D eigenvalue weighted by Gasteiger charge is -2.15. The maximum atomic E-state index is 5.92. The van der Waals surface area contributed by atoms with Gasteiger partial charge in [-0.05, 0) is 38.1 Å². The highest BCUT2D eigenvalue weighted by molar-refractivity contribution is 7.12. The highest BCUT2D eigenvalue weighted by Gasteiger charge is 2.18. The number of alkyl halides is 1. The zero-order valence-electron chi connectivity index (χ0n) is 11.5. The molecule has 0 amide bonds. The molecule has 1 unspecified atom stereocenters. The summed E-state index contributed by atoms with van der Waals surface area (Å²) in [6.45, 7) is 4.32. The van der Waals surface area contributed by atoms with Gasteiger partial charge in [0.25, 0.3) is 0 Å². The van der Waals surface area contributed by atoms with Gasteiger partial charge in [-0.2, -0.15) is 0 Å². The Bertz CT molecular complexity index is 732. The van der Waals surface area contributed by atoms with Crippen molar-refractivity contribution >= 4 is 34.1 Å². The second kappa shape index (κ2) is 5.54. The molecule has 3 aromatic rings. The Labute approximate surface area is 127 Å². The van der Waals surface area contributed by atoms with Gasteiger partial charge in [0, 0.05) is 28.3 Å². The summed E-state index contributed by atoms with van der Waals surface area (Å²) in [6, 6.07) is 8.49. The van der Waals surface area contributed by atoms with Gasteiger partial charge in [-0.15, -0.1) is 22.9 Å². The Kier molecular flexibility index (Phi) is 3.76. The summed E-state index contributed by atoms with van der Waals surface area (Å²) in [6.07, 6.45) is 2.57. The van der Waals surface area contributed by atoms with Crippen LogP contribution in [0, 0.1) is 6.92 Å². The highest BCUT2D eigenvalue weighted by atomic mass is 35.5. The molecule has 3 nitrogen and oxygen atoms in total. The van der Waals surface area contributed by atoms with Gasteiger partial charge < -0.3 is 4.57 Å². The SMILES string of the molecule is Cc1ccc(C(C)n2c(CCCl)nc3cccnc32)s1. The normalized spacial score (nSPS) is 12.9. The molecule has 3 heterocycles. The van der Waals surface area contributed by atoms with E-state index < -0.39 is 0 Å². The largest absolute Gasteiger partial charge is 0.304 e. The first-order valence-corrected chi connectivity index (χ1v) is 8.00. The van der Waals surface area contributed by atoms with E-state index in [2.05, 4.69) is 40.5 Å². The van der Waals surface area contributed by atoms with Crippen LogP contribution in [0.4, 0.5) is 0 Å². The third kappa shape index (κ3) is 2.34. The first-order valence-electron chi connectivity index (χ1n) is 6.65. The number of aromatic nitrogens is 3. The molecule has 0 bridgehead atoms. The molecule has 0 saturated carbocycles. The van der Waals surface area contributed by atoms with Crippen molar-refractivity contribution < 1.29 is 0 Å². The molecule has 0 saturated heterocycles. The lowest BCUT2D eigenvalue weighted by atomic mass is 10.2. The Morgan fingerprint density at radius 3 is 2.90 bits per heavy atom. The number of hydrogen-bond acceptors (Lipinski definition) is 3. The van der Waals surface area contributed by atoms with Gasteiger partial charge in [-0.25, -0.2) is 9.97 Å². The monoisotopic (exact) mass is 305 g/mol. The number of aryl methyl sites for hydroxylation is 2. The van der Waals surface area contributed by atoms with Gasteiger partial charge in [-0.3, -0.25) is 0 Å². The van der Waals surface area contributed by atoms with Crippen LogP contribution in [0.15, 0.2) is 30.5 Å². The molecule has 0 aliphatic carbocycles. The predicted octanol–water partition coefficient (Wildman–Crippen LogP) is 4.19. The molecule has 5 heteroatoms. The number of fused-ring (bicyclic) bond motifs is 1. The molecule has 0 aliphatic heterocycles. The van der Waals surface area contributed by atoms with E-state index in [0.717, 1.165) is 23.4 Å². The first-order chi connectivity index (χ1) is 9.70. The van der Waals surface area contributed by atoms with E-state index in [1.165, 1.54) is 9.75 Å². The molecule has 0 aliphatic rings. The number of thiophene rings is 1. The third-order valence-electron chi connectivity index (χ3n) is 3.40. The van der Waals surface area contributed by atoms with Gasteiger partial charge in [0.05, 0.1) is 6.04 Å². The van der Waals surface area contributed by atoms with E-state index in [1.807, 2.05) is 29.7 Å². The van der Waals surface area contributed by atoms with Crippen LogP contribution in [-0.2, 0) is 6.42 Å². The van der Waals surface area contributed by atoms with Crippen LogP contribution in [0.1, 0.15) is 28.5 Å². The molecular formula is C15H16ClN3S. The summed E-state index contributed by atoms with van der Waals surface area (Å²) in [5.74, 6) is 1.58. The first kappa shape index (κ1) is 13.6. The minimum Gasteiger partial charge on any atom is -0.304 e. The average molecular weight is 306 g/mol. The van der Waals surface area contributed by atoms with Crippen molar-refractivity contribution in [3.05, 3.63) is 46.0 Å². The fourth-order valence-electron chi connectivity index (χ4n) is 2.45. The minimum absolute atomic E-state index is 0.229. The van der Waals surface area contributed by atoms with Gasteiger partial charge in [0.2, 0.25) is 0 Å². The molecule has 104 valence electrons. The van der Waals surface area contributed by atoms with E-state index in [-0.39, 0.29) is 6.04 Å². The fraction of sp³-hybridized carbons (Fsp3) is 0.333. The smallest absolute Gasteiger partial charge is 0.160 e.